The zero-order valence-electron chi connectivity index (χ0n) is 11.5. The minimum Gasteiger partial charge on any atom is -0.300 e. The van der Waals surface area contributed by atoms with Gasteiger partial charge in [-0.3, -0.25) is 13.9 Å². The van der Waals surface area contributed by atoms with E-state index in [-0.39, 0.29) is 0 Å². The van der Waals surface area contributed by atoms with Crippen molar-refractivity contribution in [2.75, 3.05) is 40.4 Å². The molecule has 106 valence electrons. The molecule has 1 saturated carbocycles. The van der Waals surface area contributed by atoms with Gasteiger partial charge in [-0.1, -0.05) is 19.3 Å². The molecule has 0 unspecified atom stereocenters. The highest BCUT2D eigenvalue weighted by Gasteiger charge is 2.35. The van der Waals surface area contributed by atoms with E-state index < -0.39 is 7.75 Å². The third kappa shape index (κ3) is 3.14. The number of rotatable bonds is 4. The van der Waals surface area contributed by atoms with Gasteiger partial charge in [0.05, 0.1) is 0 Å². The molecule has 1 saturated heterocycles. The SMILES string of the molecule is COP(=O)(OC)N1CCN(C2CCCCC2)CC1. The van der Waals surface area contributed by atoms with Crippen LogP contribution in [0.4, 0.5) is 0 Å². The molecule has 0 bridgehead atoms. The van der Waals surface area contributed by atoms with Crippen LogP contribution in [0.2, 0.25) is 0 Å². The predicted molar refractivity (Wildman–Crippen MR) is 71.6 cm³/mol. The highest BCUT2D eigenvalue weighted by molar-refractivity contribution is 7.51. The van der Waals surface area contributed by atoms with Crippen LogP contribution in [0, 0.1) is 0 Å². The fourth-order valence-electron chi connectivity index (χ4n) is 3.07. The second-order valence-electron chi connectivity index (χ2n) is 5.12. The smallest absolute Gasteiger partial charge is 0.300 e. The van der Waals surface area contributed by atoms with Gasteiger partial charge in [-0.05, 0) is 12.8 Å². The Morgan fingerprint density at radius 3 is 2.00 bits per heavy atom. The monoisotopic (exact) mass is 276 g/mol. The van der Waals surface area contributed by atoms with Crippen LogP contribution in [0.15, 0.2) is 0 Å². The van der Waals surface area contributed by atoms with Crippen molar-refractivity contribution in [2.45, 2.75) is 38.1 Å². The highest BCUT2D eigenvalue weighted by atomic mass is 31.2. The predicted octanol–water partition coefficient (Wildman–Crippen LogP) is 2.34. The van der Waals surface area contributed by atoms with E-state index in [0.717, 1.165) is 32.2 Å². The maximum absolute atomic E-state index is 12.3. The summed E-state index contributed by atoms with van der Waals surface area (Å²) >= 11 is 0. The number of nitrogens with zero attached hydrogens (tertiary/aromatic N) is 2. The summed E-state index contributed by atoms with van der Waals surface area (Å²) in [6.07, 6.45) is 6.76. The van der Waals surface area contributed by atoms with Crippen LogP contribution in [0.3, 0.4) is 0 Å². The summed E-state index contributed by atoms with van der Waals surface area (Å²) in [6.45, 7) is 3.49. The Hall–Kier alpha value is 0.0700. The van der Waals surface area contributed by atoms with Gasteiger partial charge in [-0.25, -0.2) is 9.24 Å². The fourth-order valence-corrected chi connectivity index (χ4v) is 4.35. The Labute approximate surface area is 110 Å². The van der Waals surface area contributed by atoms with Crippen LogP contribution in [0.25, 0.3) is 0 Å². The summed E-state index contributed by atoms with van der Waals surface area (Å²) in [6, 6.07) is 0.741. The van der Waals surface area contributed by atoms with E-state index in [9.17, 15) is 4.57 Å². The Kier molecular flexibility index (Phi) is 5.22. The van der Waals surface area contributed by atoms with Crippen molar-refractivity contribution in [2.24, 2.45) is 0 Å². The Morgan fingerprint density at radius 1 is 0.944 bits per heavy atom. The molecule has 0 amide bonds. The zero-order valence-corrected chi connectivity index (χ0v) is 12.4. The highest BCUT2D eigenvalue weighted by Crippen LogP contribution is 2.50. The van der Waals surface area contributed by atoms with E-state index in [4.69, 9.17) is 9.05 Å². The standard InChI is InChI=1S/C12H25N2O3P/c1-16-18(15,17-2)14-10-8-13(9-11-14)12-6-4-3-5-7-12/h12H,3-11H2,1-2H3. The van der Waals surface area contributed by atoms with Gasteiger partial charge >= 0.3 is 7.75 Å². The maximum Gasteiger partial charge on any atom is 0.407 e. The van der Waals surface area contributed by atoms with E-state index in [0.29, 0.717) is 0 Å². The van der Waals surface area contributed by atoms with Crippen LogP contribution >= 0.6 is 7.75 Å². The third-order valence-corrected chi connectivity index (χ3v) is 6.21. The van der Waals surface area contributed by atoms with E-state index in [1.165, 1.54) is 46.3 Å². The normalized spacial score (nSPS) is 25.4. The topological polar surface area (TPSA) is 42.0 Å². The van der Waals surface area contributed by atoms with Crippen LogP contribution in [-0.2, 0) is 13.6 Å². The molecule has 5 nitrogen and oxygen atoms in total. The summed E-state index contributed by atoms with van der Waals surface area (Å²) < 4.78 is 24.2. The minimum absolute atomic E-state index is 0.741. The van der Waals surface area contributed by atoms with Gasteiger partial charge < -0.3 is 0 Å². The molecule has 2 rings (SSSR count). The zero-order chi connectivity index (χ0) is 13.0. The summed E-state index contributed by atoms with van der Waals surface area (Å²) in [7, 11) is -0.104. The lowest BCUT2D eigenvalue weighted by molar-refractivity contribution is 0.0929. The molecular weight excluding hydrogens is 251 g/mol. The van der Waals surface area contributed by atoms with E-state index in [1.807, 2.05) is 4.67 Å². The van der Waals surface area contributed by atoms with Crippen molar-refractivity contribution < 1.29 is 13.6 Å². The van der Waals surface area contributed by atoms with Gasteiger partial charge in [-0.2, -0.15) is 0 Å². The van der Waals surface area contributed by atoms with Gasteiger partial charge in [0, 0.05) is 46.4 Å². The average Bonchev–Trinajstić information content (AvgIpc) is 2.47. The van der Waals surface area contributed by atoms with Gasteiger partial charge in [0.15, 0.2) is 0 Å². The molecule has 2 fully saturated rings. The third-order valence-electron chi connectivity index (χ3n) is 4.19. The molecule has 0 aromatic heterocycles. The molecular formula is C12H25N2O3P. The molecule has 0 aromatic rings. The first-order valence-corrected chi connectivity index (χ1v) is 8.40. The molecule has 1 aliphatic heterocycles. The van der Waals surface area contributed by atoms with Gasteiger partial charge in [-0.15, -0.1) is 0 Å². The molecule has 18 heavy (non-hydrogen) atoms. The first-order valence-electron chi connectivity index (χ1n) is 6.90. The van der Waals surface area contributed by atoms with Crippen molar-refractivity contribution in [1.29, 1.82) is 0 Å². The van der Waals surface area contributed by atoms with Gasteiger partial charge in [0.1, 0.15) is 0 Å². The van der Waals surface area contributed by atoms with Crippen LogP contribution < -0.4 is 0 Å². The lowest BCUT2D eigenvalue weighted by Crippen LogP contribution is -2.49. The second kappa shape index (κ2) is 6.49. The lowest BCUT2D eigenvalue weighted by Gasteiger charge is -2.41. The van der Waals surface area contributed by atoms with Crippen LogP contribution in [-0.4, -0.2) is 56.0 Å². The average molecular weight is 276 g/mol. The summed E-state index contributed by atoms with van der Waals surface area (Å²) in [5, 5.41) is 0. The number of hydrogen-bond donors (Lipinski definition) is 0. The van der Waals surface area contributed by atoms with Crippen molar-refractivity contribution in [1.82, 2.24) is 9.57 Å². The Balaban J connectivity index is 1.85. The van der Waals surface area contributed by atoms with E-state index >= 15 is 0 Å². The lowest BCUT2D eigenvalue weighted by atomic mass is 9.94. The van der Waals surface area contributed by atoms with Crippen molar-refractivity contribution >= 4 is 7.75 Å². The van der Waals surface area contributed by atoms with Crippen LogP contribution in [0.1, 0.15) is 32.1 Å². The summed E-state index contributed by atoms with van der Waals surface area (Å²) in [5.41, 5.74) is 0. The first kappa shape index (κ1) is 14.5. The molecule has 6 heteroatoms. The van der Waals surface area contributed by atoms with E-state index in [2.05, 4.69) is 4.90 Å². The fraction of sp³-hybridized carbons (Fsp3) is 1.00. The molecule has 0 atom stereocenters. The number of piperazine rings is 1. The minimum atomic E-state index is -3.02. The maximum atomic E-state index is 12.3. The molecule has 1 heterocycles. The van der Waals surface area contributed by atoms with E-state index in [1.54, 1.807) is 0 Å². The Morgan fingerprint density at radius 2 is 1.50 bits per heavy atom. The Bertz CT molecular complexity index is 292. The summed E-state index contributed by atoms with van der Waals surface area (Å²) in [5.74, 6) is 0. The molecule has 1 aliphatic carbocycles. The molecule has 0 spiro atoms. The van der Waals surface area contributed by atoms with Gasteiger partial charge in [0.25, 0.3) is 0 Å². The van der Waals surface area contributed by atoms with Crippen molar-refractivity contribution in [3.8, 4) is 0 Å². The first-order chi connectivity index (χ1) is 8.69. The molecule has 0 aromatic carbocycles. The second-order valence-corrected chi connectivity index (χ2v) is 7.35. The molecule has 2 aliphatic rings. The van der Waals surface area contributed by atoms with Gasteiger partial charge in [0.2, 0.25) is 0 Å². The number of hydrogen-bond acceptors (Lipinski definition) is 4. The quantitative estimate of drug-likeness (QED) is 0.737. The molecule has 0 radical (unpaired) electrons. The summed E-state index contributed by atoms with van der Waals surface area (Å²) in [4.78, 5) is 2.55. The van der Waals surface area contributed by atoms with Crippen LogP contribution in [0.5, 0.6) is 0 Å². The van der Waals surface area contributed by atoms with Crippen molar-refractivity contribution in [3.05, 3.63) is 0 Å². The largest absolute Gasteiger partial charge is 0.407 e. The molecule has 0 N–H and O–H groups in total. The van der Waals surface area contributed by atoms with Crippen molar-refractivity contribution in [3.63, 3.8) is 0 Å².